The molecular formula is C31H31N3O5. The Labute approximate surface area is 226 Å². The molecule has 2 aromatic carbocycles. The largest absolute Gasteiger partial charge is 0.494 e. The van der Waals surface area contributed by atoms with Gasteiger partial charge in [0.1, 0.15) is 17.1 Å². The molecule has 8 nitrogen and oxygen atoms in total. The van der Waals surface area contributed by atoms with Gasteiger partial charge in [-0.1, -0.05) is 44.2 Å². The van der Waals surface area contributed by atoms with E-state index >= 15 is 0 Å². The molecule has 1 atom stereocenters. The molecule has 1 aliphatic heterocycles. The van der Waals surface area contributed by atoms with E-state index in [-0.39, 0.29) is 12.1 Å². The maximum Gasteiger partial charge on any atom is 0.331 e. The zero-order chi connectivity index (χ0) is 27.4. The first-order valence-corrected chi connectivity index (χ1v) is 13.2. The third kappa shape index (κ3) is 5.65. The van der Waals surface area contributed by atoms with Crippen LogP contribution < -0.4 is 10.1 Å². The van der Waals surface area contributed by atoms with Crippen LogP contribution in [-0.2, 0) is 22.7 Å². The molecule has 0 saturated carbocycles. The van der Waals surface area contributed by atoms with Gasteiger partial charge in [0.05, 0.1) is 19.4 Å². The van der Waals surface area contributed by atoms with E-state index in [1.165, 1.54) is 11.8 Å². The molecular weight excluding hydrogens is 494 g/mol. The van der Waals surface area contributed by atoms with Gasteiger partial charge in [-0.25, -0.2) is 4.79 Å². The number of urea groups is 1. The summed E-state index contributed by atoms with van der Waals surface area (Å²) in [5.74, 6) is 0.438. The number of carbonyl (C=O) groups excluding carboxylic acids is 3. The molecule has 1 saturated heterocycles. The molecule has 0 aliphatic carbocycles. The van der Waals surface area contributed by atoms with E-state index in [4.69, 9.17) is 9.15 Å². The molecule has 1 unspecified atom stereocenters. The molecule has 1 aliphatic rings. The summed E-state index contributed by atoms with van der Waals surface area (Å²) in [6.45, 7) is 5.58. The monoisotopic (exact) mass is 525 g/mol. The van der Waals surface area contributed by atoms with Crippen molar-refractivity contribution >= 4 is 34.8 Å². The smallest absolute Gasteiger partial charge is 0.331 e. The number of ether oxygens (including phenoxy) is 1. The fourth-order valence-corrected chi connectivity index (χ4v) is 4.68. The minimum Gasteiger partial charge on any atom is -0.494 e. The number of aromatic nitrogens is 1. The van der Waals surface area contributed by atoms with E-state index in [1.807, 2.05) is 42.6 Å². The maximum absolute atomic E-state index is 13.2. The fraction of sp³-hybridized carbons (Fsp3) is 0.258. The number of furan rings is 1. The van der Waals surface area contributed by atoms with E-state index in [9.17, 15) is 14.4 Å². The van der Waals surface area contributed by atoms with Gasteiger partial charge in [-0.2, -0.15) is 0 Å². The van der Waals surface area contributed by atoms with Crippen molar-refractivity contribution in [3.8, 4) is 5.75 Å². The van der Waals surface area contributed by atoms with Crippen LogP contribution in [0.5, 0.6) is 5.75 Å². The summed E-state index contributed by atoms with van der Waals surface area (Å²) in [5.41, 5.74) is 2.91. The number of nitrogens with zero attached hydrogens (tertiary/aromatic N) is 2. The maximum atomic E-state index is 13.2. The Balaban J connectivity index is 1.30. The number of hydrogen-bond donors (Lipinski definition) is 1. The van der Waals surface area contributed by atoms with E-state index in [0.717, 1.165) is 40.0 Å². The number of amides is 4. The van der Waals surface area contributed by atoms with Crippen LogP contribution in [0, 0.1) is 0 Å². The summed E-state index contributed by atoms with van der Waals surface area (Å²) >= 11 is 0. The molecule has 0 radical (unpaired) electrons. The Morgan fingerprint density at radius 1 is 1.03 bits per heavy atom. The predicted octanol–water partition coefficient (Wildman–Crippen LogP) is 5.88. The Morgan fingerprint density at radius 2 is 1.82 bits per heavy atom. The van der Waals surface area contributed by atoms with Gasteiger partial charge < -0.3 is 13.7 Å². The van der Waals surface area contributed by atoms with E-state index < -0.39 is 17.8 Å². The van der Waals surface area contributed by atoms with Gasteiger partial charge in [-0.15, -0.1) is 0 Å². The van der Waals surface area contributed by atoms with E-state index in [2.05, 4.69) is 35.9 Å². The highest BCUT2D eigenvalue weighted by atomic mass is 16.5. The van der Waals surface area contributed by atoms with Gasteiger partial charge in [0.15, 0.2) is 0 Å². The zero-order valence-corrected chi connectivity index (χ0v) is 22.1. The average Bonchev–Trinajstić information content (AvgIpc) is 3.59. The third-order valence-corrected chi connectivity index (χ3v) is 7.07. The van der Waals surface area contributed by atoms with Gasteiger partial charge >= 0.3 is 6.03 Å². The molecule has 4 aromatic rings. The summed E-state index contributed by atoms with van der Waals surface area (Å²) in [6.07, 6.45) is 6.81. The number of benzene rings is 2. The standard InChI is InChI=1S/C31H31N3O5/c1-3-21(2)22-11-13-24(14-12-22)38-17-7-15-33-19-23(26-9-4-5-10-28(26)33)18-27-29(35)32-31(37)34(30(27)36)20-25-8-6-16-39-25/h4-6,8-14,16,18-19,21H,3,7,15,17,20H2,1-2H3,(H,32,35,37). The first kappa shape index (κ1) is 26.0. The molecule has 8 heteroatoms. The van der Waals surface area contributed by atoms with Crippen molar-refractivity contribution in [2.24, 2.45) is 0 Å². The van der Waals surface area contributed by atoms with Crippen LogP contribution >= 0.6 is 0 Å². The number of nitrogens with one attached hydrogen (secondary N) is 1. The average molecular weight is 526 g/mol. The Kier molecular flexibility index (Phi) is 7.63. The Morgan fingerprint density at radius 3 is 2.56 bits per heavy atom. The van der Waals surface area contributed by atoms with Crippen molar-refractivity contribution < 1.29 is 23.5 Å². The summed E-state index contributed by atoms with van der Waals surface area (Å²) < 4.78 is 13.3. The van der Waals surface area contributed by atoms with Gasteiger partial charge in [0, 0.05) is 29.2 Å². The minimum atomic E-state index is -0.768. The van der Waals surface area contributed by atoms with Crippen LogP contribution in [0.1, 0.15) is 49.5 Å². The molecule has 4 amide bonds. The first-order chi connectivity index (χ1) is 18.9. The number of aryl methyl sites for hydroxylation is 1. The molecule has 1 fully saturated rings. The number of rotatable bonds is 10. The summed E-state index contributed by atoms with van der Waals surface area (Å²) in [5, 5.41) is 3.17. The molecule has 39 heavy (non-hydrogen) atoms. The van der Waals surface area contributed by atoms with Gasteiger partial charge in [0.25, 0.3) is 11.8 Å². The zero-order valence-electron chi connectivity index (χ0n) is 22.1. The highest BCUT2D eigenvalue weighted by Gasteiger charge is 2.36. The molecule has 0 bridgehead atoms. The number of barbiturate groups is 1. The number of para-hydroxylation sites is 1. The second kappa shape index (κ2) is 11.4. The quantitative estimate of drug-likeness (QED) is 0.159. The number of imide groups is 2. The lowest BCUT2D eigenvalue weighted by molar-refractivity contribution is -0.130. The lowest BCUT2D eigenvalue weighted by Gasteiger charge is -2.25. The highest BCUT2D eigenvalue weighted by molar-refractivity contribution is 6.31. The van der Waals surface area contributed by atoms with E-state index in [1.54, 1.807) is 18.2 Å². The Hall–Kier alpha value is -4.59. The van der Waals surface area contributed by atoms with Crippen LogP contribution in [0.3, 0.4) is 0 Å². The van der Waals surface area contributed by atoms with Crippen molar-refractivity contribution in [2.45, 2.75) is 45.7 Å². The molecule has 5 rings (SSSR count). The van der Waals surface area contributed by atoms with Crippen LogP contribution in [0.15, 0.2) is 83.1 Å². The molecule has 0 spiro atoms. The first-order valence-electron chi connectivity index (χ1n) is 13.2. The van der Waals surface area contributed by atoms with Crippen LogP contribution in [0.2, 0.25) is 0 Å². The predicted molar refractivity (Wildman–Crippen MR) is 148 cm³/mol. The SMILES string of the molecule is CCC(C)c1ccc(OCCCn2cc(C=C3C(=O)NC(=O)N(Cc4ccco4)C3=O)c3ccccc32)cc1. The lowest BCUT2D eigenvalue weighted by Crippen LogP contribution is -2.53. The normalized spacial score (nSPS) is 15.7. The number of carbonyl (C=O) groups is 3. The molecule has 200 valence electrons. The van der Waals surface area contributed by atoms with Crippen molar-refractivity contribution in [1.29, 1.82) is 0 Å². The lowest BCUT2D eigenvalue weighted by atomic mass is 9.99. The van der Waals surface area contributed by atoms with Gasteiger partial charge in [-0.3, -0.25) is 19.8 Å². The van der Waals surface area contributed by atoms with Gasteiger partial charge in [0.2, 0.25) is 0 Å². The minimum absolute atomic E-state index is 0.0651. The van der Waals surface area contributed by atoms with Crippen molar-refractivity contribution in [2.75, 3.05) is 6.61 Å². The van der Waals surface area contributed by atoms with Crippen LogP contribution in [-0.4, -0.2) is 33.9 Å². The van der Waals surface area contributed by atoms with Crippen LogP contribution in [0.25, 0.3) is 17.0 Å². The summed E-state index contributed by atoms with van der Waals surface area (Å²) in [4.78, 5) is 39.1. The van der Waals surface area contributed by atoms with Crippen molar-refractivity contribution in [3.63, 3.8) is 0 Å². The number of hydrogen-bond acceptors (Lipinski definition) is 5. The summed E-state index contributed by atoms with van der Waals surface area (Å²) in [7, 11) is 0. The Bertz CT molecular complexity index is 1520. The highest BCUT2D eigenvalue weighted by Crippen LogP contribution is 2.26. The molecule has 2 aromatic heterocycles. The summed E-state index contributed by atoms with van der Waals surface area (Å²) in [6, 6.07) is 18.7. The molecule has 3 heterocycles. The topological polar surface area (TPSA) is 93.8 Å². The second-order valence-corrected chi connectivity index (χ2v) is 9.66. The van der Waals surface area contributed by atoms with E-state index in [0.29, 0.717) is 24.8 Å². The van der Waals surface area contributed by atoms with Crippen molar-refractivity contribution in [3.05, 3.63) is 95.6 Å². The van der Waals surface area contributed by atoms with Crippen LogP contribution in [0.4, 0.5) is 4.79 Å². The fourth-order valence-electron chi connectivity index (χ4n) is 4.68. The third-order valence-electron chi connectivity index (χ3n) is 7.07. The van der Waals surface area contributed by atoms with Crippen molar-refractivity contribution in [1.82, 2.24) is 14.8 Å². The second-order valence-electron chi connectivity index (χ2n) is 9.66. The number of fused-ring (bicyclic) bond motifs is 1. The van der Waals surface area contributed by atoms with Gasteiger partial charge in [-0.05, 0) is 60.7 Å². The molecule has 1 N–H and O–H groups in total.